The largest absolute Gasteiger partial charge is 0.465 e. The fourth-order valence-corrected chi connectivity index (χ4v) is 3.40. The van der Waals surface area contributed by atoms with Gasteiger partial charge in [0.15, 0.2) is 0 Å². The molecule has 0 heterocycles. The van der Waals surface area contributed by atoms with Crippen molar-refractivity contribution in [3.63, 3.8) is 0 Å². The summed E-state index contributed by atoms with van der Waals surface area (Å²) in [4.78, 5) is 78.5. The Morgan fingerprint density at radius 3 is 1.19 bits per heavy atom. The summed E-state index contributed by atoms with van der Waals surface area (Å²) in [5, 5.41) is 2.40. The van der Waals surface area contributed by atoms with Gasteiger partial charge in [-0.25, -0.2) is 19.2 Å². The monoisotopic (exact) mass is 828 g/mol. The molecule has 1 N–H and O–H groups in total. The Bertz CT molecular complexity index is 1290. The van der Waals surface area contributed by atoms with E-state index in [-0.39, 0.29) is 68.9 Å². The van der Waals surface area contributed by atoms with Crippen molar-refractivity contribution in [1.29, 1.82) is 0 Å². The van der Waals surface area contributed by atoms with E-state index in [0.29, 0.717) is 31.6 Å². The van der Waals surface area contributed by atoms with Crippen LogP contribution in [0.15, 0.2) is 37.5 Å². The van der Waals surface area contributed by atoms with Crippen molar-refractivity contribution in [2.45, 2.75) is 127 Å². The molecule has 15 heteroatoms. The average molecular weight is 828 g/mol. The topological polar surface area (TPSA) is 196 Å². The smallest absolute Gasteiger partial charge is 0.407 e. The Balaban J connectivity index is -0.000000797. The van der Waals surface area contributed by atoms with Gasteiger partial charge in [0.05, 0.1) is 36.0 Å². The van der Waals surface area contributed by atoms with Gasteiger partial charge in [-0.2, -0.15) is 0 Å². The van der Waals surface area contributed by atoms with Crippen LogP contribution in [-0.4, -0.2) is 94.7 Å². The minimum atomic E-state index is -0.669. The first-order valence-corrected chi connectivity index (χ1v) is 19.9. The Morgan fingerprint density at radius 2 is 0.810 bits per heavy atom. The normalized spacial score (nSPS) is 10.7. The molecule has 0 unspecified atom stereocenters. The Morgan fingerprint density at radius 1 is 0.483 bits per heavy atom. The van der Waals surface area contributed by atoms with Crippen molar-refractivity contribution in [2.24, 2.45) is 16.2 Å². The summed E-state index contributed by atoms with van der Waals surface area (Å²) in [6.07, 6.45) is 9.88. The van der Waals surface area contributed by atoms with E-state index in [0.717, 1.165) is 51.0 Å². The molecule has 0 saturated heterocycles. The fraction of sp³-hybridized carbons (Fsp3) is 0.698. The van der Waals surface area contributed by atoms with Crippen molar-refractivity contribution >= 4 is 41.9 Å². The van der Waals surface area contributed by atoms with Gasteiger partial charge < -0.3 is 38.5 Å². The van der Waals surface area contributed by atoms with Crippen LogP contribution in [0.2, 0.25) is 0 Å². The number of carbonyl (C=O) groups excluding carboxylic acids is 7. The molecule has 58 heavy (non-hydrogen) atoms. The molecule has 0 atom stereocenters. The molecule has 0 aliphatic carbocycles. The van der Waals surface area contributed by atoms with Gasteiger partial charge in [-0.15, -0.1) is 0 Å². The maximum atomic E-state index is 11.7. The average Bonchev–Trinajstić information content (AvgIpc) is 3.19. The van der Waals surface area contributed by atoms with Crippen molar-refractivity contribution < 1.29 is 66.7 Å². The summed E-state index contributed by atoms with van der Waals surface area (Å²) < 4.78 is 34.4. The van der Waals surface area contributed by atoms with Crippen molar-refractivity contribution in [1.82, 2.24) is 5.32 Å². The third kappa shape index (κ3) is 31.4. The van der Waals surface area contributed by atoms with Gasteiger partial charge in [-0.1, -0.05) is 66.2 Å². The summed E-state index contributed by atoms with van der Waals surface area (Å²) in [5.74, 6) is -2.09. The van der Waals surface area contributed by atoms with Gasteiger partial charge in [0.1, 0.15) is 33.0 Å². The predicted molar refractivity (Wildman–Crippen MR) is 220 cm³/mol. The van der Waals surface area contributed by atoms with E-state index < -0.39 is 28.9 Å². The Labute approximate surface area is 346 Å². The molecular formula is C43H73NO14. The molecule has 334 valence electrons. The molecule has 0 saturated carbocycles. The van der Waals surface area contributed by atoms with E-state index in [9.17, 15) is 33.6 Å². The first kappa shape index (κ1) is 57.6. The standard InChI is InChI=1S/C17H30O4.C15H25NO6.C11H18O4/c1-5-15(18)20-13-11-9-7-8-10-12-14-21-16(19)17(3,4)6-2;1-6-15(4,5)13(18)21-9-10-22-14(19)16-7-8-20-12(17)11(2)3;1-5-9(12)14-7-8-15-10(13)11(3,4)6-2/h5H,1,6-14H2,2-4H3;2,6-10H2,1,3-5H3,(H,16,19);5H,1,6-8H2,2-4H3. The van der Waals surface area contributed by atoms with Crippen LogP contribution in [0.3, 0.4) is 0 Å². The second kappa shape index (κ2) is 33.3. The molecule has 0 aromatic carbocycles. The number of nitrogens with one attached hydrogen (secondary N) is 1. The molecule has 0 bridgehead atoms. The number of ether oxygens (including phenoxy) is 7. The van der Waals surface area contributed by atoms with Gasteiger partial charge in [-0.05, 0) is 80.6 Å². The number of carbonyl (C=O) groups is 7. The number of amides is 1. The lowest BCUT2D eigenvalue weighted by atomic mass is 9.91. The lowest BCUT2D eigenvalue weighted by Gasteiger charge is -2.20. The summed E-state index contributed by atoms with van der Waals surface area (Å²) in [7, 11) is 0. The zero-order valence-electron chi connectivity index (χ0n) is 37.0. The van der Waals surface area contributed by atoms with Crippen LogP contribution in [0.4, 0.5) is 4.79 Å². The Hall–Kier alpha value is -4.69. The van der Waals surface area contributed by atoms with Crippen LogP contribution < -0.4 is 5.32 Å². The molecule has 0 spiro atoms. The zero-order valence-corrected chi connectivity index (χ0v) is 37.0. The van der Waals surface area contributed by atoms with Gasteiger partial charge in [-0.3, -0.25) is 14.4 Å². The molecule has 1 amide bonds. The van der Waals surface area contributed by atoms with E-state index in [1.54, 1.807) is 13.8 Å². The second-order valence-electron chi connectivity index (χ2n) is 15.0. The molecule has 15 nitrogen and oxygen atoms in total. The van der Waals surface area contributed by atoms with E-state index in [1.165, 1.54) is 13.0 Å². The zero-order chi connectivity index (χ0) is 45.2. The number of unbranched alkanes of at least 4 members (excludes halogenated alkanes) is 5. The highest BCUT2D eigenvalue weighted by molar-refractivity contribution is 5.87. The molecule has 0 radical (unpaired) electrons. The highest BCUT2D eigenvalue weighted by Crippen LogP contribution is 2.23. The first-order chi connectivity index (χ1) is 27.1. The molecule has 0 fully saturated rings. The second-order valence-corrected chi connectivity index (χ2v) is 15.0. The number of esters is 6. The van der Waals surface area contributed by atoms with Gasteiger partial charge in [0.2, 0.25) is 0 Å². The first-order valence-electron chi connectivity index (χ1n) is 19.9. The van der Waals surface area contributed by atoms with Gasteiger partial charge >= 0.3 is 41.9 Å². The Kier molecular flexibility index (Phi) is 33.1. The van der Waals surface area contributed by atoms with Crippen LogP contribution in [-0.2, 0) is 61.9 Å². The maximum absolute atomic E-state index is 11.7. The summed E-state index contributed by atoms with van der Waals surface area (Å²) >= 11 is 0. The summed E-state index contributed by atoms with van der Waals surface area (Å²) in [5.41, 5.74) is -1.11. The predicted octanol–water partition coefficient (Wildman–Crippen LogP) is 7.54. The van der Waals surface area contributed by atoms with Gasteiger partial charge in [0, 0.05) is 17.7 Å². The molecule has 0 rings (SSSR count). The van der Waals surface area contributed by atoms with Crippen molar-refractivity contribution in [3.8, 4) is 0 Å². The van der Waals surface area contributed by atoms with E-state index in [2.05, 4.69) is 29.8 Å². The minimum Gasteiger partial charge on any atom is -0.465 e. The van der Waals surface area contributed by atoms with Crippen LogP contribution in [0.5, 0.6) is 0 Å². The number of hydrogen-bond donors (Lipinski definition) is 1. The molecule has 0 aromatic heterocycles. The molecule has 0 aliphatic heterocycles. The third-order valence-corrected chi connectivity index (χ3v) is 8.72. The van der Waals surface area contributed by atoms with Crippen LogP contribution in [0.25, 0.3) is 0 Å². The minimum absolute atomic E-state index is 0.000325. The van der Waals surface area contributed by atoms with Gasteiger partial charge in [0.25, 0.3) is 0 Å². The van der Waals surface area contributed by atoms with Crippen molar-refractivity contribution in [2.75, 3.05) is 52.8 Å². The quantitative estimate of drug-likeness (QED) is 0.0369. The highest BCUT2D eigenvalue weighted by Gasteiger charge is 2.28. The number of alkyl carbamates (subject to hydrolysis) is 1. The van der Waals surface area contributed by atoms with E-state index in [1.807, 2.05) is 48.5 Å². The highest BCUT2D eigenvalue weighted by atomic mass is 16.6. The van der Waals surface area contributed by atoms with Crippen molar-refractivity contribution in [3.05, 3.63) is 37.5 Å². The maximum Gasteiger partial charge on any atom is 0.407 e. The number of rotatable bonds is 27. The van der Waals surface area contributed by atoms with Crippen LogP contribution >= 0.6 is 0 Å². The molecule has 0 aliphatic rings. The van der Waals surface area contributed by atoms with Crippen LogP contribution in [0.1, 0.15) is 127 Å². The SMILES string of the molecule is C=C(C)C(=O)OCCNC(=O)OCCOC(=O)C(C)(C)CC.C=CC(=O)OCCCCCCCCOC(=O)C(C)(C)CC.C=CC(=O)OCCOC(=O)C(C)(C)CC. The lowest BCUT2D eigenvalue weighted by molar-refractivity contribution is -0.158. The molecule has 0 aromatic rings. The van der Waals surface area contributed by atoms with E-state index in [4.69, 9.17) is 28.4 Å². The summed E-state index contributed by atoms with van der Waals surface area (Å²) in [6.45, 7) is 29.6. The third-order valence-electron chi connectivity index (χ3n) is 8.72. The van der Waals surface area contributed by atoms with Crippen LogP contribution in [0, 0.1) is 16.2 Å². The number of hydrogen-bond acceptors (Lipinski definition) is 14. The van der Waals surface area contributed by atoms with E-state index >= 15 is 0 Å². The lowest BCUT2D eigenvalue weighted by Crippen LogP contribution is -2.31. The molecular weight excluding hydrogens is 754 g/mol. The summed E-state index contributed by atoms with van der Waals surface area (Å²) in [6, 6.07) is 0. The fourth-order valence-electron chi connectivity index (χ4n) is 3.40.